The van der Waals surface area contributed by atoms with Gasteiger partial charge in [-0.3, -0.25) is 0 Å². The lowest BCUT2D eigenvalue weighted by molar-refractivity contribution is 0.207. The summed E-state index contributed by atoms with van der Waals surface area (Å²) in [6.07, 6.45) is -0.701. The Bertz CT molecular complexity index is 895. The maximum Gasteiger partial charge on any atom is 0.0893 e. The molecule has 0 aliphatic carbocycles. The van der Waals surface area contributed by atoms with E-state index in [4.69, 9.17) is 46.4 Å². The summed E-state index contributed by atoms with van der Waals surface area (Å²) in [4.78, 5) is 0. The first kappa shape index (κ1) is 16.6. The maximum absolute atomic E-state index is 10.3. The second-order valence-corrected chi connectivity index (χ2v) is 7.26. The third-order valence-electron chi connectivity index (χ3n) is 3.53. The second kappa shape index (κ2) is 6.35. The smallest absolute Gasteiger partial charge is 0.0893 e. The van der Waals surface area contributed by atoms with Crippen LogP contribution in [0.3, 0.4) is 0 Å². The van der Waals surface area contributed by atoms with E-state index < -0.39 is 6.10 Å². The fourth-order valence-corrected chi connectivity index (χ4v) is 4.10. The van der Waals surface area contributed by atoms with Crippen LogP contribution in [0.25, 0.3) is 21.5 Å². The summed E-state index contributed by atoms with van der Waals surface area (Å²) in [6.45, 7) is 0. The second-order valence-electron chi connectivity index (χ2n) is 4.93. The summed E-state index contributed by atoms with van der Waals surface area (Å²) in [5.41, 5.74) is 0.716. The van der Waals surface area contributed by atoms with Crippen LogP contribution in [-0.4, -0.2) is 10.4 Å². The third-order valence-corrected chi connectivity index (χ3v) is 5.20. The van der Waals surface area contributed by atoms with Crippen molar-refractivity contribution < 1.29 is 5.11 Å². The Balaban J connectivity index is 2.59. The van der Waals surface area contributed by atoms with E-state index in [9.17, 15) is 5.11 Å². The molecular formula is C16H9BrCl4O. The van der Waals surface area contributed by atoms with Crippen molar-refractivity contribution in [3.63, 3.8) is 0 Å². The van der Waals surface area contributed by atoms with E-state index in [-0.39, 0.29) is 0 Å². The lowest BCUT2D eigenvalue weighted by atomic mass is 9.95. The van der Waals surface area contributed by atoms with Crippen molar-refractivity contribution in [1.29, 1.82) is 0 Å². The topological polar surface area (TPSA) is 20.2 Å². The molecule has 0 aliphatic heterocycles. The Hall–Kier alpha value is -0.220. The average molecular weight is 439 g/mol. The highest BCUT2D eigenvalue weighted by molar-refractivity contribution is 9.09. The monoisotopic (exact) mass is 436 g/mol. The first-order chi connectivity index (χ1) is 10.4. The van der Waals surface area contributed by atoms with E-state index in [1.807, 2.05) is 12.1 Å². The van der Waals surface area contributed by atoms with Gasteiger partial charge in [-0.25, -0.2) is 0 Å². The van der Waals surface area contributed by atoms with Gasteiger partial charge in [-0.05, 0) is 46.7 Å². The van der Waals surface area contributed by atoms with E-state index in [2.05, 4.69) is 15.9 Å². The quantitative estimate of drug-likeness (QED) is 0.336. The summed E-state index contributed by atoms with van der Waals surface area (Å²) in [7, 11) is 0. The first-order valence-corrected chi connectivity index (χ1v) is 9.00. The molecule has 3 aromatic rings. The fraction of sp³-hybridized carbons (Fsp3) is 0.125. The third kappa shape index (κ3) is 2.82. The van der Waals surface area contributed by atoms with Crippen molar-refractivity contribution >= 4 is 83.9 Å². The van der Waals surface area contributed by atoms with Crippen LogP contribution in [0.2, 0.25) is 20.1 Å². The Labute approximate surface area is 155 Å². The fourth-order valence-electron chi connectivity index (χ4n) is 2.61. The van der Waals surface area contributed by atoms with Crippen LogP contribution in [-0.2, 0) is 0 Å². The minimum Gasteiger partial charge on any atom is -0.388 e. The standard InChI is InChI=1S/C16H9BrCl4O/c17-6-15(22)10-5-9-11(1-7(18)3-13(9)20)16-12(10)2-8(19)4-14(16)21/h1-5,15,22H,6H2/t15-/m0/s1. The Morgan fingerprint density at radius 1 is 0.818 bits per heavy atom. The normalized spacial score (nSPS) is 13.0. The van der Waals surface area contributed by atoms with Crippen LogP contribution in [0, 0.1) is 0 Å². The number of rotatable bonds is 2. The van der Waals surface area contributed by atoms with E-state index in [1.54, 1.807) is 18.2 Å². The molecule has 3 aromatic carbocycles. The highest BCUT2D eigenvalue weighted by Gasteiger charge is 2.17. The van der Waals surface area contributed by atoms with Gasteiger partial charge < -0.3 is 5.11 Å². The molecule has 0 heterocycles. The minimum absolute atomic E-state index is 0.392. The zero-order valence-electron chi connectivity index (χ0n) is 11.0. The molecule has 1 atom stereocenters. The first-order valence-electron chi connectivity index (χ1n) is 6.37. The Kier molecular flexibility index (Phi) is 4.80. The van der Waals surface area contributed by atoms with E-state index in [0.29, 0.717) is 31.0 Å². The van der Waals surface area contributed by atoms with E-state index >= 15 is 0 Å². The van der Waals surface area contributed by atoms with Crippen LogP contribution < -0.4 is 0 Å². The van der Waals surface area contributed by atoms with Crippen molar-refractivity contribution in [3.05, 3.63) is 56.0 Å². The van der Waals surface area contributed by atoms with Gasteiger partial charge in [0.05, 0.1) is 11.1 Å². The summed E-state index contributed by atoms with van der Waals surface area (Å²) in [5, 5.41) is 15.9. The molecule has 0 saturated carbocycles. The van der Waals surface area contributed by atoms with Gasteiger partial charge in [0, 0.05) is 31.2 Å². The van der Waals surface area contributed by atoms with Gasteiger partial charge in [0.2, 0.25) is 0 Å². The van der Waals surface area contributed by atoms with Gasteiger partial charge in [-0.2, -0.15) is 0 Å². The maximum atomic E-state index is 10.3. The number of benzene rings is 3. The largest absolute Gasteiger partial charge is 0.388 e. The van der Waals surface area contributed by atoms with Crippen LogP contribution in [0.4, 0.5) is 0 Å². The number of aliphatic hydroxyl groups excluding tert-OH is 1. The molecule has 0 aromatic heterocycles. The molecule has 0 fully saturated rings. The van der Waals surface area contributed by atoms with Crippen molar-refractivity contribution in [1.82, 2.24) is 0 Å². The molecule has 0 saturated heterocycles. The minimum atomic E-state index is -0.701. The predicted molar refractivity (Wildman–Crippen MR) is 100 cm³/mol. The number of hydrogen-bond donors (Lipinski definition) is 1. The molecule has 22 heavy (non-hydrogen) atoms. The molecule has 0 aliphatic rings. The zero-order valence-corrected chi connectivity index (χ0v) is 15.6. The SMILES string of the molecule is O[C@@H](CBr)c1cc2c(Cl)cc(Cl)cc2c2c(Cl)cc(Cl)cc12. The molecule has 0 bridgehead atoms. The molecule has 0 unspecified atom stereocenters. The van der Waals surface area contributed by atoms with Gasteiger partial charge in [0.15, 0.2) is 0 Å². The Morgan fingerprint density at radius 2 is 1.41 bits per heavy atom. The van der Waals surface area contributed by atoms with Crippen molar-refractivity contribution in [3.8, 4) is 0 Å². The van der Waals surface area contributed by atoms with Crippen molar-refractivity contribution in [2.75, 3.05) is 5.33 Å². The number of hydrogen-bond acceptors (Lipinski definition) is 1. The summed E-state index contributed by atoms with van der Waals surface area (Å²) in [5.74, 6) is 0. The van der Waals surface area contributed by atoms with Gasteiger partial charge in [-0.1, -0.05) is 62.3 Å². The number of alkyl halides is 1. The molecule has 0 spiro atoms. The molecule has 114 valence electrons. The average Bonchev–Trinajstić information content (AvgIpc) is 2.44. The lowest BCUT2D eigenvalue weighted by Crippen LogP contribution is -2.00. The van der Waals surface area contributed by atoms with Gasteiger partial charge in [0.1, 0.15) is 0 Å². The van der Waals surface area contributed by atoms with Crippen LogP contribution in [0.5, 0.6) is 0 Å². The number of halogens is 5. The molecule has 1 N–H and O–H groups in total. The van der Waals surface area contributed by atoms with Crippen molar-refractivity contribution in [2.45, 2.75) is 6.10 Å². The molecule has 1 nitrogen and oxygen atoms in total. The van der Waals surface area contributed by atoms with Crippen LogP contribution in [0.1, 0.15) is 11.7 Å². The molecule has 6 heteroatoms. The highest BCUT2D eigenvalue weighted by Crippen LogP contribution is 2.41. The van der Waals surface area contributed by atoms with E-state index in [1.165, 1.54) is 0 Å². The Morgan fingerprint density at radius 3 is 2.05 bits per heavy atom. The van der Waals surface area contributed by atoms with Crippen molar-refractivity contribution in [2.24, 2.45) is 0 Å². The van der Waals surface area contributed by atoms with Gasteiger partial charge in [-0.15, -0.1) is 0 Å². The summed E-state index contributed by atoms with van der Waals surface area (Å²) >= 11 is 28.3. The predicted octanol–water partition coefficient (Wildman–Crippen LogP) is 7.03. The van der Waals surface area contributed by atoms with Crippen LogP contribution in [0.15, 0.2) is 30.3 Å². The molecule has 0 radical (unpaired) electrons. The number of aliphatic hydroxyl groups is 1. The van der Waals surface area contributed by atoms with Gasteiger partial charge >= 0.3 is 0 Å². The summed E-state index contributed by atoms with van der Waals surface area (Å²) in [6, 6.07) is 8.80. The van der Waals surface area contributed by atoms with E-state index in [0.717, 1.165) is 21.5 Å². The highest BCUT2D eigenvalue weighted by atomic mass is 79.9. The molecular weight excluding hydrogens is 430 g/mol. The van der Waals surface area contributed by atoms with Gasteiger partial charge in [0.25, 0.3) is 0 Å². The zero-order chi connectivity index (χ0) is 16.0. The lowest BCUT2D eigenvalue weighted by Gasteiger charge is -2.16. The van der Waals surface area contributed by atoms with Crippen LogP contribution >= 0.6 is 62.3 Å². The number of fused-ring (bicyclic) bond motifs is 3. The molecule has 0 amide bonds. The summed E-state index contributed by atoms with van der Waals surface area (Å²) < 4.78 is 0. The molecule has 3 rings (SSSR count).